The van der Waals surface area contributed by atoms with E-state index in [-0.39, 0.29) is 6.04 Å². The van der Waals surface area contributed by atoms with Crippen molar-refractivity contribution in [1.82, 2.24) is 4.72 Å². The molecule has 1 saturated heterocycles. The minimum Gasteiger partial charge on any atom is -0.497 e. The lowest BCUT2D eigenvalue weighted by atomic mass is 10.1. The Morgan fingerprint density at radius 1 is 1.00 bits per heavy atom. The fourth-order valence-corrected chi connectivity index (χ4v) is 5.62. The lowest BCUT2D eigenvalue weighted by molar-refractivity contribution is 0.413. The zero-order valence-electron chi connectivity index (χ0n) is 17.2. The largest absolute Gasteiger partial charge is 0.497 e. The highest BCUT2D eigenvalue weighted by Gasteiger charge is 2.23. The molecule has 1 atom stereocenters. The number of nitrogens with one attached hydrogen (secondary N) is 1. The molecule has 0 bridgehead atoms. The number of piperidine rings is 1. The molecule has 28 heavy (non-hydrogen) atoms. The molecule has 1 aliphatic rings. The molecule has 0 aromatic heterocycles. The van der Waals surface area contributed by atoms with Crippen LogP contribution in [0.3, 0.4) is 0 Å². The van der Waals surface area contributed by atoms with Crippen molar-refractivity contribution in [3.8, 4) is 5.75 Å². The summed E-state index contributed by atoms with van der Waals surface area (Å²) in [6, 6.07) is 11.4. The van der Waals surface area contributed by atoms with Gasteiger partial charge < -0.3 is 9.64 Å². The lowest BCUT2D eigenvalue weighted by Gasteiger charge is -2.29. The minimum atomic E-state index is -3.64. The molecule has 0 amide bonds. The van der Waals surface area contributed by atoms with E-state index in [2.05, 4.69) is 21.8 Å². The van der Waals surface area contributed by atoms with Crippen molar-refractivity contribution in [2.24, 2.45) is 0 Å². The third-order valence-corrected chi connectivity index (χ3v) is 7.23. The maximum absolute atomic E-state index is 13.0. The van der Waals surface area contributed by atoms with Gasteiger partial charge in [0.05, 0.1) is 12.0 Å². The van der Waals surface area contributed by atoms with Gasteiger partial charge in [0.25, 0.3) is 0 Å². The van der Waals surface area contributed by atoms with E-state index < -0.39 is 10.0 Å². The molecule has 1 heterocycles. The average Bonchev–Trinajstić information content (AvgIpc) is 2.67. The molecule has 3 rings (SSSR count). The van der Waals surface area contributed by atoms with Crippen LogP contribution in [0.15, 0.2) is 41.3 Å². The number of ether oxygens (including phenoxy) is 1. The van der Waals surface area contributed by atoms with Crippen LogP contribution in [-0.2, 0) is 10.0 Å². The highest BCUT2D eigenvalue weighted by molar-refractivity contribution is 7.89. The molecule has 1 aliphatic heterocycles. The van der Waals surface area contributed by atoms with Crippen LogP contribution in [-0.4, -0.2) is 28.6 Å². The average molecular weight is 403 g/mol. The van der Waals surface area contributed by atoms with Crippen molar-refractivity contribution in [2.45, 2.75) is 51.0 Å². The first-order valence-corrected chi connectivity index (χ1v) is 11.3. The Labute approximate surface area is 168 Å². The molecule has 152 valence electrons. The van der Waals surface area contributed by atoms with Crippen LogP contribution < -0.4 is 14.4 Å². The number of hydrogen-bond donors (Lipinski definition) is 1. The summed E-state index contributed by atoms with van der Waals surface area (Å²) in [4.78, 5) is 2.72. The van der Waals surface area contributed by atoms with Gasteiger partial charge in [0.15, 0.2) is 0 Å². The maximum Gasteiger partial charge on any atom is 0.241 e. The number of methoxy groups -OCH3 is 1. The van der Waals surface area contributed by atoms with E-state index in [9.17, 15) is 8.42 Å². The summed E-state index contributed by atoms with van der Waals surface area (Å²) in [5.41, 5.74) is 3.52. The summed E-state index contributed by atoms with van der Waals surface area (Å²) in [6.45, 7) is 7.65. The second-order valence-electron chi connectivity index (χ2n) is 7.57. The summed E-state index contributed by atoms with van der Waals surface area (Å²) < 4.78 is 34.1. The fraction of sp³-hybridized carbons (Fsp3) is 0.455. The van der Waals surface area contributed by atoms with Crippen LogP contribution in [0.25, 0.3) is 0 Å². The molecule has 0 unspecified atom stereocenters. The molecule has 1 N–H and O–H groups in total. The van der Waals surface area contributed by atoms with E-state index in [1.807, 2.05) is 19.1 Å². The zero-order chi connectivity index (χ0) is 20.3. The quantitative estimate of drug-likeness (QED) is 0.781. The Hall–Kier alpha value is -2.05. The van der Waals surface area contributed by atoms with Gasteiger partial charge in [-0.15, -0.1) is 0 Å². The highest BCUT2D eigenvalue weighted by Crippen LogP contribution is 2.28. The van der Waals surface area contributed by atoms with E-state index >= 15 is 0 Å². The number of aryl methyl sites for hydroxylation is 2. The maximum atomic E-state index is 13.0. The van der Waals surface area contributed by atoms with Gasteiger partial charge in [-0.2, -0.15) is 0 Å². The fourth-order valence-electron chi connectivity index (χ4n) is 3.94. The van der Waals surface area contributed by atoms with Gasteiger partial charge in [0.2, 0.25) is 10.0 Å². The molecular formula is C22H30N2O3S. The molecule has 0 spiro atoms. The third-order valence-electron chi connectivity index (χ3n) is 5.38. The number of rotatable bonds is 6. The van der Waals surface area contributed by atoms with Crippen molar-refractivity contribution in [1.29, 1.82) is 0 Å². The van der Waals surface area contributed by atoms with Crippen LogP contribution in [0.5, 0.6) is 5.75 Å². The first-order chi connectivity index (χ1) is 13.3. The Morgan fingerprint density at radius 3 is 2.11 bits per heavy atom. The van der Waals surface area contributed by atoms with Crippen LogP contribution in [0.2, 0.25) is 0 Å². The summed E-state index contributed by atoms with van der Waals surface area (Å²) in [7, 11) is -2.06. The monoisotopic (exact) mass is 402 g/mol. The van der Waals surface area contributed by atoms with Gasteiger partial charge in [0.1, 0.15) is 5.75 Å². The molecule has 0 aliphatic carbocycles. The number of anilines is 1. The number of nitrogens with zero attached hydrogens (tertiary/aromatic N) is 1. The van der Waals surface area contributed by atoms with Crippen LogP contribution >= 0.6 is 0 Å². The highest BCUT2D eigenvalue weighted by atomic mass is 32.2. The second-order valence-corrected chi connectivity index (χ2v) is 9.22. The van der Waals surface area contributed by atoms with Crippen molar-refractivity contribution in [3.63, 3.8) is 0 Å². The van der Waals surface area contributed by atoms with E-state index in [0.29, 0.717) is 21.8 Å². The molecule has 6 heteroatoms. The Morgan fingerprint density at radius 2 is 1.57 bits per heavy atom. The Kier molecular flexibility index (Phi) is 6.30. The Bertz CT molecular complexity index is 894. The first-order valence-electron chi connectivity index (χ1n) is 9.84. The molecular weight excluding hydrogens is 372 g/mol. The zero-order valence-corrected chi connectivity index (χ0v) is 18.0. The van der Waals surface area contributed by atoms with Crippen molar-refractivity contribution >= 4 is 15.7 Å². The second kappa shape index (κ2) is 8.53. The Balaban J connectivity index is 1.77. The minimum absolute atomic E-state index is 0.318. The van der Waals surface area contributed by atoms with Crippen molar-refractivity contribution < 1.29 is 13.2 Å². The van der Waals surface area contributed by atoms with E-state index in [1.165, 1.54) is 24.9 Å². The molecule has 0 radical (unpaired) electrons. The molecule has 0 saturated carbocycles. The van der Waals surface area contributed by atoms with Crippen LogP contribution in [0.1, 0.15) is 48.9 Å². The van der Waals surface area contributed by atoms with Crippen LogP contribution in [0.4, 0.5) is 5.69 Å². The summed E-state index contributed by atoms with van der Waals surface area (Å²) in [5, 5.41) is 0. The normalized spacial score (nSPS) is 16.1. The first kappa shape index (κ1) is 20.7. The van der Waals surface area contributed by atoms with Gasteiger partial charge in [-0.1, -0.05) is 12.1 Å². The van der Waals surface area contributed by atoms with Crippen molar-refractivity contribution in [3.05, 3.63) is 53.1 Å². The topological polar surface area (TPSA) is 58.6 Å². The molecule has 1 fully saturated rings. The summed E-state index contributed by atoms with van der Waals surface area (Å²) in [6.07, 6.45) is 3.77. The van der Waals surface area contributed by atoms with E-state index in [1.54, 1.807) is 33.1 Å². The van der Waals surface area contributed by atoms with Crippen molar-refractivity contribution in [2.75, 3.05) is 25.1 Å². The number of benzene rings is 2. The lowest BCUT2D eigenvalue weighted by Crippen LogP contribution is -2.30. The van der Waals surface area contributed by atoms with Gasteiger partial charge in [-0.3, -0.25) is 0 Å². The summed E-state index contributed by atoms with van der Waals surface area (Å²) >= 11 is 0. The smallest absolute Gasteiger partial charge is 0.241 e. The van der Waals surface area contributed by atoms with E-state index in [4.69, 9.17) is 4.74 Å². The molecule has 5 nitrogen and oxygen atoms in total. The predicted molar refractivity (Wildman–Crippen MR) is 114 cm³/mol. The van der Waals surface area contributed by atoms with E-state index in [0.717, 1.165) is 18.7 Å². The van der Waals surface area contributed by atoms with Gasteiger partial charge in [-0.05, 0) is 81.0 Å². The van der Waals surface area contributed by atoms with Gasteiger partial charge in [0, 0.05) is 24.8 Å². The van der Waals surface area contributed by atoms with Gasteiger partial charge in [-0.25, -0.2) is 13.1 Å². The third kappa shape index (κ3) is 4.50. The number of hydrogen-bond acceptors (Lipinski definition) is 4. The van der Waals surface area contributed by atoms with Gasteiger partial charge >= 0.3 is 0 Å². The molecule has 2 aromatic carbocycles. The summed E-state index contributed by atoms with van der Waals surface area (Å²) in [5.74, 6) is 0.662. The molecule has 2 aromatic rings. The predicted octanol–water partition coefficient (Wildman–Crippen LogP) is 4.34. The SMILES string of the molecule is COc1cc(C)c(S(=O)(=O)N[C@H](C)c2ccc(N3CCCCC3)cc2)c(C)c1. The van der Waals surface area contributed by atoms with Crippen LogP contribution in [0, 0.1) is 13.8 Å². The number of sulfonamides is 1. The standard InChI is InChI=1S/C22H30N2O3S/c1-16-14-21(27-4)15-17(2)22(16)28(25,26)23-18(3)19-8-10-20(11-9-19)24-12-6-5-7-13-24/h8-11,14-15,18,23H,5-7,12-13H2,1-4H3/t18-/m1/s1.